The van der Waals surface area contributed by atoms with Crippen LogP contribution in [0.1, 0.15) is 30.1 Å². The van der Waals surface area contributed by atoms with E-state index in [0.717, 1.165) is 29.9 Å². The zero-order chi connectivity index (χ0) is 19.7. The molecular formula is C19H17F2N3O2S2. The first kappa shape index (κ1) is 19.1. The molecule has 1 aliphatic rings. The lowest BCUT2D eigenvalue weighted by molar-refractivity contribution is 0.234. The minimum atomic E-state index is -4.56. The predicted octanol–water partition coefficient (Wildman–Crippen LogP) is 4.43. The van der Waals surface area contributed by atoms with Gasteiger partial charge in [-0.05, 0) is 42.7 Å². The van der Waals surface area contributed by atoms with Crippen LogP contribution in [-0.2, 0) is 15.6 Å². The number of benzene rings is 2. The molecule has 2 aromatic carbocycles. The van der Waals surface area contributed by atoms with Crippen LogP contribution in [0.2, 0.25) is 0 Å². The second-order valence-corrected chi connectivity index (χ2v) is 9.37. The topological polar surface area (TPSA) is 64.8 Å². The van der Waals surface area contributed by atoms with Crippen molar-refractivity contribution in [2.45, 2.75) is 40.3 Å². The van der Waals surface area contributed by atoms with Gasteiger partial charge in [0.2, 0.25) is 15.0 Å². The van der Waals surface area contributed by atoms with Crippen molar-refractivity contribution >= 4 is 21.6 Å². The molecule has 0 amide bonds. The first-order chi connectivity index (χ1) is 13.4. The number of rotatable bonds is 7. The molecule has 0 aliphatic heterocycles. The van der Waals surface area contributed by atoms with Gasteiger partial charge in [-0.3, -0.25) is 0 Å². The molecule has 0 atom stereocenters. The number of nitrogens with zero attached hydrogens (tertiary/aromatic N) is 3. The lowest BCUT2D eigenvalue weighted by Crippen LogP contribution is -2.11. The number of hydrogen-bond acceptors (Lipinski definition) is 5. The molecule has 4 rings (SSSR count). The van der Waals surface area contributed by atoms with Gasteiger partial charge in [-0.25, -0.2) is 18.1 Å². The molecule has 0 spiro atoms. The van der Waals surface area contributed by atoms with Crippen LogP contribution in [0.5, 0.6) is 0 Å². The molecule has 1 fully saturated rings. The van der Waals surface area contributed by atoms with Crippen LogP contribution in [0.3, 0.4) is 0 Å². The zero-order valence-corrected chi connectivity index (χ0v) is 16.3. The van der Waals surface area contributed by atoms with Gasteiger partial charge in [0.05, 0.1) is 10.6 Å². The molecule has 5 nitrogen and oxygen atoms in total. The van der Waals surface area contributed by atoms with Crippen molar-refractivity contribution < 1.29 is 17.2 Å². The van der Waals surface area contributed by atoms with Crippen LogP contribution in [0.4, 0.5) is 8.78 Å². The third-order valence-corrected chi connectivity index (χ3v) is 6.72. The number of sulfone groups is 1. The Morgan fingerprint density at radius 2 is 1.75 bits per heavy atom. The van der Waals surface area contributed by atoms with Gasteiger partial charge < -0.3 is 0 Å². The van der Waals surface area contributed by atoms with Crippen LogP contribution < -0.4 is 0 Å². The summed E-state index contributed by atoms with van der Waals surface area (Å²) < 4.78 is 50.1. The summed E-state index contributed by atoms with van der Waals surface area (Å²) in [6.45, 7) is 0. The van der Waals surface area contributed by atoms with Crippen molar-refractivity contribution in [3.63, 3.8) is 0 Å². The second kappa shape index (κ2) is 7.63. The standard InChI is InChI=1S/C19H17F2N3O2S2/c20-18(21)28(25,26)16-10-6-13(7-11-16)12-27-19-22-17(14-8-9-14)24(23-19)15-4-2-1-3-5-15/h1-7,10-11,14,18H,8-9,12H2. The van der Waals surface area contributed by atoms with Gasteiger partial charge in [0, 0.05) is 11.7 Å². The number of halogens is 2. The van der Waals surface area contributed by atoms with Gasteiger partial charge >= 0.3 is 5.76 Å². The van der Waals surface area contributed by atoms with E-state index >= 15 is 0 Å². The van der Waals surface area contributed by atoms with Crippen molar-refractivity contribution in [2.24, 2.45) is 0 Å². The first-order valence-corrected chi connectivity index (χ1v) is 11.2. The fourth-order valence-corrected chi connectivity index (χ4v) is 4.26. The van der Waals surface area contributed by atoms with E-state index in [1.165, 1.54) is 36.0 Å². The normalized spacial score (nSPS) is 14.5. The Bertz CT molecular complexity index is 1060. The predicted molar refractivity (Wildman–Crippen MR) is 103 cm³/mol. The van der Waals surface area contributed by atoms with E-state index in [-0.39, 0.29) is 4.90 Å². The highest BCUT2D eigenvalue weighted by molar-refractivity contribution is 7.98. The van der Waals surface area contributed by atoms with Crippen molar-refractivity contribution in [3.8, 4) is 5.69 Å². The molecule has 28 heavy (non-hydrogen) atoms. The van der Waals surface area contributed by atoms with Gasteiger partial charge in [-0.2, -0.15) is 8.78 Å². The van der Waals surface area contributed by atoms with Crippen LogP contribution in [0.25, 0.3) is 5.69 Å². The van der Waals surface area contributed by atoms with Gasteiger partial charge in [0.1, 0.15) is 5.82 Å². The number of aromatic nitrogens is 3. The molecular weight excluding hydrogens is 404 g/mol. The third-order valence-electron chi connectivity index (χ3n) is 4.41. The smallest absolute Gasteiger partial charge is 0.218 e. The van der Waals surface area contributed by atoms with Crippen molar-refractivity contribution in [3.05, 3.63) is 66.0 Å². The number of hydrogen-bond donors (Lipinski definition) is 0. The maximum absolute atomic E-state index is 12.6. The fraction of sp³-hybridized carbons (Fsp3) is 0.263. The monoisotopic (exact) mass is 421 g/mol. The van der Waals surface area contributed by atoms with E-state index in [4.69, 9.17) is 0 Å². The van der Waals surface area contributed by atoms with Gasteiger partial charge in [0.25, 0.3) is 0 Å². The summed E-state index contributed by atoms with van der Waals surface area (Å²) in [5, 5.41) is 5.24. The molecule has 0 radical (unpaired) electrons. The molecule has 1 aliphatic carbocycles. The summed E-state index contributed by atoms with van der Waals surface area (Å²) in [7, 11) is -4.56. The van der Waals surface area contributed by atoms with Crippen molar-refractivity contribution in [2.75, 3.05) is 0 Å². The molecule has 0 unspecified atom stereocenters. The quantitative estimate of drug-likeness (QED) is 0.528. The first-order valence-electron chi connectivity index (χ1n) is 8.71. The Hall–Kier alpha value is -2.26. The average Bonchev–Trinajstić information content (AvgIpc) is 3.46. The van der Waals surface area contributed by atoms with Gasteiger partial charge in [-0.1, -0.05) is 42.1 Å². The Morgan fingerprint density at radius 1 is 1.07 bits per heavy atom. The molecule has 1 heterocycles. The minimum Gasteiger partial charge on any atom is -0.218 e. The molecule has 1 aromatic heterocycles. The van der Waals surface area contributed by atoms with Crippen LogP contribution in [0.15, 0.2) is 64.6 Å². The van der Waals surface area contributed by atoms with Crippen LogP contribution in [-0.4, -0.2) is 28.9 Å². The second-order valence-electron chi connectivity index (χ2n) is 6.51. The van der Waals surface area contributed by atoms with Crippen molar-refractivity contribution in [1.82, 2.24) is 14.8 Å². The van der Waals surface area contributed by atoms with E-state index < -0.39 is 15.6 Å². The Morgan fingerprint density at radius 3 is 2.36 bits per heavy atom. The summed E-state index contributed by atoms with van der Waals surface area (Å²) in [6.07, 6.45) is 2.21. The Kier molecular flexibility index (Phi) is 5.20. The molecule has 146 valence electrons. The Balaban J connectivity index is 1.50. The average molecular weight is 421 g/mol. The van der Waals surface area contributed by atoms with E-state index in [0.29, 0.717) is 16.8 Å². The molecule has 0 saturated heterocycles. The number of thioether (sulfide) groups is 1. The molecule has 0 N–H and O–H groups in total. The summed E-state index contributed by atoms with van der Waals surface area (Å²) in [4.78, 5) is 4.29. The van der Waals surface area contributed by atoms with E-state index in [1.807, 2.05) is 35.0 Å². The summed E-state index contributed by atoms with van der Waals surface area (Å²) in [5.41, 5.74) is 1.77. The number of para-hydroxylation sites is 1. The highest BCUT2D eigenvalue weighted by Gasteiger charge is 2.30. The third kappa shape index (κ3) is 3.95. The molecule has 9 heteroatoms. The van der Waals surface area contributed by atoms with Gasteiger partial charge in [0.15, 0.2) is 0 Å². The molecule has 0 bridgehead atoms. The van der Waals surface area contributed by atoms with Gasteiger partial charge in [-0.15, -0.1) is 5.10 Å². The van der Waals surface area contributed by atoms with E-state index in [2.05, 4.69) is 10.1 Å². The lowest BCUT2D eigenvalue weighted by Gasteiger charge is -2.04. The Labute approximate surface area is 165 Å². The van der Waals surface area contributed by atoms with E-state index in [1.54, 1.807) is 0 Å². The van der Waals surface area contributed by atoms with E-state index in [9.17, 15) is 17.2 Å². The summed E-state index contributed by atoms with van der Waals surface area (Å²) in [5.74, 6) is -1.52. The van der Waals surface area contributed by atoms with Crippen molar-refractivity contribution in [1.29, 1.82) is 0 Å². The highest BCUT2D eigenvalue weighted by Crippen LogP contribution is 2.40. The maximum atomic E-state index is 12.6. The van der Waals surface area contributed by atoms with Crippen LogP contribution in [0, 0.1) is 0 Å². The minimum absolute atomic E-state index is 0.376. The highest BCUT2D eigenvalue weighted by atomic mass is 32.2. The largest absolute Gasteiger partial charge is 0.341 e. The SMILES string of the molecule is O=S(=O)(c1ccc(CSc2nc(C3CC3)n(-c3ccccc3)n2)cc1)C(F)F. The molecule has 3 aromatic rings. The summed E-state index contributed by atoms with van der Waals surface area (Å²) >= 11 is 1.43. The molecule has 1 saturated carbocycles. The fourth-order valence-electron chi connectivity index (χ4n) is 2.76. The maximum Gasteiger partial charge on any atom is 0.341 e. The summed E-state index contributed by atoms with van der Waals surface area (Å²) in [6, 6.07) is 15.3. The zero-order valence-electron chi connectivity index (χ0n) is 14.7. The lowest BCUT2D eigenvalue weighted by atomic mass is 10.2. The van der Waals surface area contributed by atoms with Crippen LogP contribution >= 0.6 is 11.8 Å². The number of alkyl halides is 2.